The fourth-order valence-electron chi connectivity index (χ4n) is 6.94. The molecule has 0 spiro atoms. The maximum absolute atomic E-state index is 14.8. The molecular formula is C28H28FN7O. The van der Waals surface area contributed by atoms with E-state index in [9.17, 15) is 9.18 Å². The maximum atomic E-state index is 14.8. The Morgan fingerprint density at radius 1 is 1.11 bits per heavy atom. The van der Waals surface area contributed by atoms with Crippen molar-refractivity contribution in [2.24, 2.45) is 25.9 Å². The number of imidazole rings is 1. The molecule has 0 unspecified atom stereocenters. The third-order valence-electron chi connectivity index (χ3n) is 8.92. The number of nitrogens with zero attached hydrogens (tertiary/aromatic N) is 6. The van der Waals surface area contributed by atoms with Gasteiger partial charge in [-0.3, -0.25) is 14.2 Å². The van der Waals surface area contributed by atoms with Gasteiger partial charge in [-0.25, -0.2) is 19.2 Å². The van der Waals surface area contributed by atoms with Crippen molar-refractivity contribution in [3.63, 3.8) is 0 Å². The molecule has 1 saturated carbocycles. The molecule has 1 saturated heterocycles. The van der Waals surface area contributed by atoms with E-state index in [2.05, 4.69) is 22.0 Å². The van der Waals surface area contributed by atoms with Crippen LogP contribution in [0.1, 0.15) is 25.3 Å². The van der Waals surface area contributed by atoms with Gasteiger partial charge in [0.2, 0.25) is 5.65 Å². The number of hydrogen-bond donors (Lipinski definition) is 1. The minimum absolute atomic E-state index is 0.0624. The molecule has 9 heteroatoms. The Kier molecular flexibility index (Phi) is 4.65. The zero-order valence-corrected chi connectivity index (χ0v) is 21.1. The average Bonchev–Trinajstić information content (AvgIpc) is 3.28. The number of anilines is 1. The summed E-state index contributed by atoms with van der Waals surface area (Å²) in [7, 11) is 3.54. The van der Waals surface area contributed by atoms with E-state index in [-0.39, 0.29) is 16.9 Å². The van der Waals surface area contributed by atoms with Crippen molar-refractivity contribution in [2.75, 3.05) is 18.0 Å². The highest BCUT2D eigenvalue weighted by molar-refractivity contribution is 5.91. The third kappa shape index (κ3) is 3.00. The van der Waals surface area contributed by atoms with Crippen molar-refractivity contribution in [1.29, 1.82) is 0 Å². The van der Waals surface area contributed by atoms with E-state index in [1.807, 2.05) is 36.5 Å². The summed E-state index contributed by atoms with van der Waals surface area (Å²) in [5.41, 5.74) is 5.35. The highest BCUT2D eigenvalue weighted by atomic mass is 19.1. The van der Waals surface area contributed by atoms with E-state index in [1.54, 1.807) is 35.4 Å². The monoisotopic (exact) mass is 497 g/mol. The van der Waals surface area contributed by atoms with Gasteiger partial charge in [0.1, 0.15) is 17.2 Å². The SMILES string of the molecule is CC[C@]1(c2ccccc2F)[C@@H]2CCN(c3cnc4c(-c5ccc6c(c5)n(C)c(=O)n6C)[nH]nc4n3)C[C@@H]21. The molecule has 3 aromatic heterocycles. The predicted octanol–water partition coefficient (Wildman–Crippen LogP) is 4.15. The molecule has 1 aliphatic carbocycles. The topological polar surface area (TPSA) is 84.6 Å². The lowest BCUT2D eigenvalue weighted by Gasteiger charge is -2.26. The number of halogens is 1. The summed E-state index contributed by atoms with van der Waals surface area (Å²) in [4.78, 5) is 24.2. The van der Waals surface area contributed by atoms with E-state index in [0.717, 1.165) is 59.6 Å². The smallest absolute Gasteiger partial charge is 0.328 e. The molecule has 4 heterocycles. The molecule has 1 aliphatic heterocycles. The molecule has 188 valence electrons. The molecule has 0 amide bonds. The Morgan fingerprint density at radius 2 is 1.92 bits per heavy atom. The largest absolute Gasteiger partial charge is 0.355 e. The third-order valence-corrected chi connectivity index (χ3v) is 8.92. The van der Waals surface area contributed by atoms with Gasteiger partial charge in [0.25, 0.3) is 0 Å². The molecule has 3 atom stereocenters. The van der Waals surface area contributed by atoms with Crippen LogP contribution in [0.25, 0.3) is 33.5 Å². The first-order valence-corrected chi connectivity index (χ1v) is 12.8. The van der Waals surface area contributed by atoms with Crippen LogP contribution in [0, 0.1) is 17.7 Å². The Balaban J connectivity index is 1.19. The molecule has 2 aromatic carbocycles. The number of aryl methyl sites for hydroxylation is 2. The first-order chi connectivity index (χ1) is 17.9. The molecule has 37 heavy (non-hydrogen) atoms. The summed E-state index contributed by atoms with van der Waals surface area (Å²) in [6, 6.07) is 13.1. The number of nitrogens with one attached hydrogen (secondary N) is 1. The summed E-state index contributed by atoms with van der Waals surface area (Å²) >= 11 is 0. The standard InChI is InChI=1S/C28H28FN7O/c1-4-28(18-7-5-6-8-20(18)29)17-11-12-36(15-19(17)28)23-14-30-25-24(32-33-26(25)31-23)16-9-10-21-22(13-16)35(3)27(37)34(21)2/h5-10,13-14,17,19H,4,11-12,15H2,1-3H3,(H,31,32,33)/t17-,19+,28-/m1/s1. The Hall–Kier alpha value is -4.01. The van der Waals surface area contributed by atoms with E-state index < -0.39 is 0 Å². The number of fused-ring (bicyclic) bond motifs is 3. The lowest BCUT2D eigenvalue weighted by molar-refractivity contribution is 0.516. The molecule has 0 radical (unpaired) electrons. The van der Waals surface area contributed by atoms with Crippen LogP contribution in [0.3, 0.4) is 0 Å². The minimum Gasteiger partial charge on any atom is -0.355 e. The number of aromatic amines is 1. The first kappa shape index (κ1) is 22.2. The van der Waals surface area contributed by atoms with E-state index in [1.165, 1.54) is 0 Å². The van der Waals surface area contributed by atoms with Gasteiger partial charge in [-0.15, -0.1) is 0 Å². The second-order valence-corrected chi connectivity index (χ2v) is 10.4. The summed E-state index contributed by atoms with van der Waals surface area (Å²) in [6.07, 6.45) is 3.76. The van der Waals surface area contributed by atoms with Crippen LogP contribution in [0.5, 0.6) is 0 Å². The van der Waals surface area contributed by atoms with Crippen molar-refractivity contribution in [3.8, 4) is 11.3 Å². The van der Waals surface area contributed by atoms with Crippen molar-refractivity contribution >= 4 is 28.0 Å². The number of hydrogen-bond acceptors (Lipinski definition) is 5. The maximum Gasteiger partial charge on any atom is 0.328 e. The van der Waals surface area contributed by atoms with Crippen LogP contribution in [-0.2, 0) is 19.5 Å². The van der Waals surface area contributed by atoms with Gasteiger partial charge < -0.3 is 4.90 Å². The average molecular weight is 498 g/mol. The van der Waals surface area contributed by atoms with Crippen molar-refractivity contribution in [3.05, 3.63) is 70.5 Å². The van der Waals surface area contributed by atoms with Gasteiger partial charge >= 0.3 is 5.69 Å². The quantitative estimate of drug-likeness (QED) is 0.403. The normalized spacial score (nSPS) is 23.1. The number of benzene rings is 2. The molecule has 8 nitrogen and oxygen atoms in total. The van der Waals surface area contributed by atoms with E-state index in [0.29, 0.717) is 23.0 Å². The van der Waals surface area contributed by atoms with Crippen LogP contribution in [0.15, 0.2) is 53.5 Å². The van der Waals surface area contributed by atoms with Crippen LogP contribution < -0.4 is 10.6 Å². The summed E-state index contributed by atoms with van der Waals surface area (Å²) < 4.78 is 18.0. The number of H-pyrrole nitrogens is 1. The molecular weight excluding hydrogens is 469 g/mol. The van der Waals surface area contributed by atoms with Gasteiger partial charge in [0.05, 0.1) is 22.9 Å². The lowest BCUT2D eigenvalue weighted by atomic mass is 9.88. The zero-order valence-electron chi connectivity index (χ0n) is 21.1. The molecule has 1 N–H and O–H groups in total. The van der Waals surface area contributed by atoms with Gasteiger partial charge in [-0.2, -0.15) is 5.10 Å². The summed E-state index contributed by atoms with van der Waals surface area (Å²) in [5, 5.41) is 7.56. The van der Waals surface area contributed by atoms with Crippen LogP contribution in [0.4, 0.5) is 10.2 Å². The lowest BCUT2D eigenvalue weighted by Crippen LogP contribution is -2.32. The van der Waals surface area contributed by atoms with Gasteiger partial charge in [0.15, 0.2) is 0 Å². The minimum atomic E-state index is -0.0932. The van der Waals surface area contributed by atoms with E-state index >= 15 is 0 Å². The van der Waals surface area contributed by atoms with Gasteiger partial charge in [-0.1, -0.05) is 31.2 Å². The fourth-order valence-corrected chi connectivity index (χ4v) is 6.94. The van der Waals surface area contributed by atoms with E-state index in [4.69, 9.17) is 9.97 Å². The molecule has 2 fully saturated rings. The number of aromatic nitrogens is 6. The van der Waals surface area contributed by atoms with Crippen molar-refractivity contribution in [1.82, 2.24) is 29.3 Å². The number of piperidine rings is 1. The van der Waals surface area contributed by atoms with Gasteiger partial charge in [-0.05, 0) is 48.4 Å². The van der Waals surface area contributed by atoms with Crippen LogP contribution in [0.2, 0.25) is 0 Å². The summed E-state index contributed by atoms with van der Waals surface area (Å²) in [5.74, 6) is 1.61. The number of rotatable bonds is 4. The Bertz CT molecular complexity index is 1750. The van der Waals surface area contributed by atoms with Gasteiger partial charge in [0, 0.05) is 38.2 Å². The highest BCUT2D eigenvalue weighted by Crippen LogP contribution is 2.65. The highest BCUT2D eigenvalue weighted by Gasteiger charge is 2.65. The molecule has 2 aliphatic rings. The zero-order chi connectivity index (χ0) is 25.5. The first-order valence-electron chi connectivity index (χ1n) is 12.8. The summed E-state index contributed by atoms with van der Waals surface area (Å²) in [6.45, 7) is 3.88. The molecule has 5 aromatic rings. The fraction of sp³-hybridized carbons (Fsp3) is 0.357. The molecule has 0 bridgehead atoms. The van der Waals surface area contributed by atoms with Crippen molar-refractivity contribution < 1.29 is 4.39 Å². The van der Waals surface area contributed by atoms with Crippen LogP contribution in [-0.4, -0.2) is 42.4 Å². The van der Waals surface area contributed by atoms with Crippen LogP contribution >= 0.6 is 0 Å². The van der Waals surface area contributed by atoms with Crippen molar-refractivity contribution in [2.45, 2.75) is 25.2 Å². The Morgan fingerprint density at radius 3 is 2.73 bits per heavy atom. The Labute approximate surface area is 212 Å². The second-order valence-electron chi connectivity index (χ2n) is 10.4. The predicted molar refractivity (Wildman–Crippen MR) is 141 cm³/mol. The molecule has 7 rings (SSSR count). The second kappa shape index (κ2) is 7.74.